The van der Waals surface area contributed by atoms with Crippen LogP contribution in [0.4, 0.5) is 0 Å². The molecule has 0 saturated heterocycles. The molecule has 9 nitrogen and oxygen atoms in total. The number of allylic oxidation sites excluding steroid dienone is 22. The standard InChI is InChI=1S/C49H76NO8P/c1-3-5-7-9-11-13-15-17-19-21-23-25-27-29-31-33-35-37-39-41-48(51)55-45-47(46-57-59(53,54)56-44-43-50)58-49(52)42-40-38-36-34-32-30-28-26-24-22-20-18-16-14-12-10-8-6-4-2/h5-8,11-14,17-20,23-26,29-32,36,38,47H,3-4,9-10,15-16,21-22,27-28,33-35,37,39-46,50H2,1-2H3,(H,53,54)/b7-5+,8-6+,13-11+,14-12+,19-17+,20-18+,25-23+,26-24+,31-29+,32-30+,38-36+/t47-/m1/s1. The van der Waals surface area contributed by atoms with Crippen molar-refractivity contribution in [3.8, 4) is 0 Å². The molecular weight excluding hydrogens is 762 g/mol. The molecule has 1 unspecified atom stereocenters. The van der Waals surface area contributed by atoms with Crippen molar-refractivity contribution in [3.63, 3.8) is 0 Å². The van der Waals surface area contributed by atoms with Crippen molar-refractivity contribution < 1.29 is 37.6 Å². The van der Waals surface area contributed by atoms with Gasteiger partial charge in [0.1, 0.15) is 6.61 Å². The second-order valence-corrected chi connectivity index (χ2v) is 14.9. The predicted octanol–water partition coefficient (Wildman–Crippen LogP) is 12.7. The van der Waals surface area contributed by atoms with Gasteiger partial charge < -0.3 is 20.1 Å². The van der Waals surface area contributed by atoms with Crippen molar-refractivity contribution >= 4 is 19.8 Å². The van der Waals surface area contributed by atoms with Crippen molar-refractivity contribution in [2.24, 2.45) is 5.73 Å². The topological polar surface area (TPSA) is 134 Å². The highest BCUT2D eigenvalue weighted by Gasteiger charge is 2.25. The first kappa shape index (κ1) is 55.2. The van der Waals surface area contributed by atoms with E-state index in [0.717, 1.165) is 89.9 Å². The van der Waals surface area contributed by atoms with Crippen molar-refractivity contribution in [2.45, 2.75) is 136 Å². The van der Waals surface area contributed by atoms with Crippen LogP contribution in [0.25, 0.3) is 0 Å². The number of hydrogen-bond acceptors (Lipinski definition) is 8. The maximum atomic E-state index is 12.6. The Morgan fingerprint density at radius 2 is 0.915 bits per heavy atom. The number of phosphoric acid groups is 1. The van der Waals surface area contributed by atoms with Crippen LogP contribution in [0.5, 0.6) is 0 Å². The molecule has 0 aromatic rings. The van der Waals surface area contributed by atoms with Gasteiger partial charge in [0.2, 0.25) is 0 Å². The molecule has 3 N–H and O–H groups in total. The molecule has 0 fully saturated rings. The summed E-state index contributed by atoms with van der Waals surface area (Å²) >= 11 is 0. The molecule has 10 heteroatoms. The Hall–Kier alpha value is -3.85. The van der Waals surface area contributed by atoms with Gasteiger partial charge in [-0.25, -0.2) is 4.57 Å². The zero-order valence-electron chi connectivity index (χ0n) is 36.2. The number of carbonyl (C=O) groups is 2. The van der Waals surface area contributed by atoms with E-state index >= 15 is 0 Å². The molecule has 0 rings (SSSR count). The van der Waals surface area contributed by atoms with Gasteiger partial charge in [-0.15, -0.1) is 0 Å². The SMILES string of the molecule is CC/C=C/C/C=C/C/C=C/C/C=C/C/C=C/C/C=C/CCC(=O)O[C@H](COC(=O)CCCCC/C=C/C/C=C/C/C=C/C/C=C/C/C=C/CC)COP(=O)(O)OCCN. The third-order valence-corrected chi connectivity index (χ3v) is 9.03. The minimum Gasteiger partial charge on any atom is -0.462 e. The Morgan fingerprint density at radius 3 is 1.34 bits per heavy atom. The second kappa shape index (κ2) is 43.7. The summed E-state index contributed by atoms with van der Waals surface area (Å²) in [7, 11) is -4.42. The molecule has 0 saturated carbocycles. The number of nitrogens with two attached hydrogens (primary N) is 1. The molecule has 2 atom stereocenters. The number of esters is 2. The van der Waals surface area contributed by atoms with Crippen LogP contribution >= 0.6 is 7.82 Å². The van der Waals surface area contributed by atoms with Crippen molar-refractivity contribution in [1.29, 1.82) is 0 Å². The molecule has 59 heavy (non-hydrogen) atoms. The van der Waals surface area contributed by atoms with E-state index < -0.39 is 32.5 Å². The van der Waals surface area contributed by atoms with Gasteiger partial charge in [0.25, 0.3) is 0 Å². The largest absolute Gasteiger partial charge is 0.472 e. The van der Waals surface area contributed by atoms with Crippen LogP contribution in [0.3, 0.4) is 0 Å². The number of phosphoric ester groups is 1. The monoisotopic (exact) mass is 838 g/mol. The van der Waals surface area contributed by atoms with Gasteiger partial charge in [0.15, 0.2) is 6.10 Å². The lowest BCUT2D eigenvalue weighted by atomic mass is 10.1. The summed E-state index contributed by atoms with van der Waals surface area (Å²) in [5.41, 5.74) is 5.34. The molecule has 0 radical (unpaired) electrons. The molecule has 0 aromatic carbocycles. The van der Waals surface area contributed by atoms with E-state index in [-0.39, 0.29) is 32.6 Å². The average molecular weight is 838 g/mol. The van der Waals surface area contributed by atoms with E-state index in [4.69, 9.17) is 24.3 Å². The van der Waals surface area contributed by atoms with Crippen LogP contribution in [-0.4, -0.2) is 49.3 Å². The van der Waals surface area contributed by atoms with Crippen LogP contribution in [0.15, 0.2) is 134 Å². The lowest BCUT2D eigenvalue weighted by Gasteiger charge is -2.19. The smallest absolute Gasteiger partial charge is 0.462 e. The third kappa shape index (κ3) is 43.6. The molecule has 0 aromatic heterocycles. The van der Waals surface area contributed by atoms with Crippen LogP contribution in [-0.2, 0) is 32.7 Å². The predicted molar refractivity (Wildman–Crippen MR) is 247 cm³/mol. The van der Waals surface area contributed by atoms with Crippen molar-refractivity contribution in [3.05, 3.63) is 134 Å². The zero-order chi connectivity index (χ0) is 43.2. The summed E-state index contributed by atoms with van der Waals surface area (Å²) in [5, 5.41) is 0. The minimum atomic E-state index is -4.42. The summed E-state index contributed by atoms with van der Waals surface area (Å²) in [5.74, 6) is -0.981. The first-order chi connectivity index (χ1) is 28.8. The van der Waals surface area contributed by atoms with E-state index in [1.807, 2.05) is 12.2 Å². The Kier molecular flexibility index (Phi) is 40.9. The Labute approximate surface area is 357 Å². The van der Waals surface area contributed by atoms with Gasteiger partial charge in [0, 0.05) is 19.4 Å². The Morgan fingerprint density at radius 1 is 0.508 bits per heavy atom. The molecule has 0 bridgehead atoms. The number of hydrogen-bond donors (Lipinski definition) is 2. The fraction of sp³-hybridized carbons (Fsp3) is 0.510. The van der Waals surface area contributed by atoms with Gasteiger partial charge in [-0.05, 0) is 96.3 Å². The highest BCUT2D eigenvalue weighted by atomic mass is 31.2. The molecule has 0 amide bonds. The van der Waals surface area contributed by atoms with E-state index in [1.54, 1.807) is 0 Å². The maximum absolute atomic E-state index is 12.6. The molecule has 0 aliphatic rings. The molecule has 0 aliphatic carbocycles. The molecule has 330 valence electrons. The molecule has 0 heterocycles. The fourth-order valence-corrected chi connectivity index (χ4v) is 5.68. The van der Waals surface area contributed by atoms with Crippen LogP contribution < -0.4 is 5.73 Å². The summed E-state index contributed by atoms with van der Waals surface area (Å²) in [6.07, 6.45) is 60.7. The summed E-state index contributed by atoms with van der Waals surface area (Å²) in [6, 6.07) is 0. The van der Waals surface area contributed by atoms with Crippen LogP contribution in [0.1, 0.15) is 129 Å². The Balaban J connectivity index is 4.38. The number of unbranched alkanes of at least 4 members (excludes halogenated alkanes) is 3. The molecule has 0 spiro atoms. The normalized spacial score (nSPS) is 14.6. The van der Waals surface area contributed by atoms with Gasteiger partial charge in [0.05, 0.1) is 13.2 Å². The Bertz CT molecular complexity index is 1420. The quantitative estimate of drug-likeness (QED) is 0.0270. The average Bonchev–Trinajstić information content (AvgIpc) is 3.22. The molecule has 0 aliphatic heterocycles. The minimum absolute atomic E-state index is 0.0286. The van der Waals surface area contributed by atoms with Gasteiger partial charge in [-0.1, -0.05) is 154 Å². The van der Waals surface area contributed by atoms with Crippen molar-refractivity contribution in [1.82, 2.24) is 0 Å². The highest BCUT2D eigenvalue weighted by molar-refractivity contribution is 7.47. The summed E-state index contributed by atoms with van der Waals surface area (Å²) in [6.45, 7) is 3.34. The van der Waals surface area contributed by atoms with E-state index in [0.29, 0.717) is 12.8 Å². The summed E-state index contributed by atoms with van der Waals surface area (Å²) < 4.78 is 32.7. The maximum Gasteiger partial charge on any atom is 0.472 e. The number of rotatable bonds is 38. The molecular formula is C49H76NO8P. The van der Waals surface area contributed by atoms with Gasteiger partial charge in [-0.2, -0.15) is 0 Å². The third-order valence-electron chi connectivity index (χ3n) is 8.05. The lowest BCUT2D eigenvalue weighted by Crippen LogP contribution is -2.29. The summed E-state index contributed by atoms with van der Waals surface area (Å²) in [4.78, 5) is 34.9. The van der Waals surface area contributed by atoms with E-state index in [9.17, 15) is 19.0 Å². The van der Waals surface area contributed by atoms with Crippen LogP contribution in [0, 0.1) is 0 Å². The van der Waals surface area contributed by atoms with Gasteiger partial charge in [-0.3, -0.25) is 18.6 Å². The first-order valence-corrected chi connectivity index (χ1v) is 23.2. The van der Waals surface area contributed by atoms with E-state index in [1.165, 1.54) is 0 Å². The number of carbonyl (C=O) groups excluding carboxylic acids is 2. The first-order valence-electron chi connectivity index (χ1n) is 21.7. The van der Waals surface area contributed by atoms with Crippen LogP contribution in [0.2, 0.25) is 0 Å². The highest BCUT2D eigenvalue weighted by Crippen LogP contribution is 2.43. The fourth-order valence-electron chi connectivity index (χ4n) is 4.92. The number of ether oxygens (including phenoxy) is 2. The lowest BCUT2D eigenvalue weighted by molar-refractivity contribution is -0.161. The van der Waals surface area contributed by atoms with E-state index in [2.05, 4.69) is 135 Å². The van der Waals surface area contributed by atoms with Crippen molar-refractivity contribution in [2.75, 3.05) is 26.4 Å². The second-order valence-electron chi connectivity index (χ2n) is 13.4. The van der Waals surface area contributed by atoms with Gasteiger partial charge >= 0.3 is 19.8 Å². The zero-order valence-corrected chi connectivity index (χ0v) is 37.1.